The molecule has 3 unspecified atom stereocenters. The van der Waals surface area contributed by atoms with Gasteiger partial charge in [-0.3, -0.25) is 4.99 Å². The highest BCUT2D eigenvalue weighted by Gasteiger charge is 2.53. The van der Waals surface area contributed by atoms with Gasteiger partial charge in [0, 0.05) is 58.6 Å². The van der Waals surface area contributed by atoms with Crippen LogP contribution in [-0.4, -0.2) is 62.5 Å². The maximum absolute atomic E-state index is 14.1. The zero-order valence-electron chi connectivity index (χ0n) is 23.6. The average molecular weight is 667 g/mol. The summed E-state index contributed by atoms with van der Waals surface area (Å²) in [6.07, 6.45) is 5.44. The molecule has 1 saturated heterocycles. The standard InChI is InChI=1S/C29H30ClF3N6O3S2/c1-29(40)15-2-3-16(29)11-19(10-15)44(41,42)37-18-13-23-24(22-6-8-39(36-22)28(32)33)25(20-5-4-17(31)12-21(20)30)35-26(38(23)14-18)27-34-7-9-43-27/h4-9,12,15-16,18-19,25,28,37,40H,2-3,10-11,13-14H2,1H3/t15-,16?,18-,19?,25-,29?/m0/s1. The molecule has 9 nitrogen and oxygen atoms in total. The van der Waals surface area contributed by atoms with Crippen molar-refractivity contribution in [2.45, 2.75) is 68.5 Å². The molecule has 2 aliphatic carbocycles. The van der Waals surface area contributed by atoms with Crippen molar-refractivity contribution in [2.24, 2.45) is 16.8 Å². The number of thiazole rings is 1. The molecule has 2 N–H and O–H groups in total. The van der Waals surface area contributed by atoms with Crippen LogP contribution in [0.2, 0.25) is 5.02 Å². The Morgan fingerprint density at radius 3 is 2.59 bits per heavy atom. The van der Waals surface area contributed by atoms with Gasteiger partial charge in [0.25, 0.3) is 0 Å². The third-order valence-corrected chi connectivity index (χ3v) is 12.6. The van der Waals surface area contributed by atoms with Gasteiger partial charge < -0.3 is 10.0 Å². The van der Waals surface area contributed by atoms with Crippen molar-refractivity contribution in [3.63, 3.8) is 0 Å². The molecule has 3 aromatic rings. The van der Waals surface area contributed by atoms with E-state index >= 15 is 0 Å². The van der Waals surface area contributed by atoms with E-state index in [4.69, 9.17) is 16.6 Å². The Morgan fingerprint density at radius 1 is 1.20 bits per heavy atom. The predicted octanol–water partition coefficient (Wildman–Crippen LogP) is 5.37. The normalized spacial score (nSPS) is 30.3. The van der Waals surface area contributed by atoms with E-state index in [1.807, 2.05) is 11.8 Å². The summed E-state index contributed by atoms with van der Waals surface area (Å²) >= 11 is 7.87. The van der Waals surface area contributed by atoms with E-state index in [0.29, 0.717) is 45.2 Å². The second kappa shape index (κ2) is 10.9. The number of nitrogens with zero attached hydrogens (tertiary/aromatic N) is 5. The number of amidine groups is 1. The molecule has 2 saturated carbocycles. The minimum Gasteiger partial charge on any atom is -0.390 e. The molecule has 6 atom stereocenters. The second-order valence-electron chi connectivity index (χ2n) is 12.1. The molecule has 15 heteroatoms. The van der Waals surface area contributed by atoms with Crippen molar-refractivity contribution >= 4 is 44.4 Å². The fourth-order valence-corrected chi connectivity index (χ4v) is 10.1. The summed E-state index contributed by atoms with van der Waals surface area (Å²) in [4.78, 5) is 11.3. The Kier molecular flexibility index (Phi) is 7.43. The van der Waals surface area contributed by atoms with E-state index in [2.05, 4.69) is 14.8 Å². The summed E-state index contributed by atoms with van der Waals surface area (Å²) < 4.78 is 72.3. The number of halogens is 4. The Bertz CT molecular complexity index is 1740. The predicted molar refractivity (Wildman–Crippen MR) is 160 cm³/mol. The van der Waals surface area contributed by atoms with Crippen molar-refractivity contribution in [3.8, 4) is 0 Å². The molecule has 44 heavy (non-hydrogen) atoms. The third-order valence-electron chi connectivity index (χ3n) is 9.61. The lowest BCUT2D eigenvalue weighted by molar-refractivity contribution is -0.0414. The number of rotatable bonds is 7. The summed E-state index contributed by atoms with van der Waals surface area (Å²) in [6, 6.07) is 3.99. The molecular weight excluding hydrogens is 637 g/mol. The monoisotopic (exact) mass is 666 g/mol. The minimum absolute atomic E-state index is 0.0677. The van der Waals surface area contributed by atoms with Gasteiger partial charge in [0.2, 0.25) is 10.0 Å². The first-order valence-electron chi connectivity index (χ1n) is 14.4. The zero-order valence-corrected chi connectivity index (χ0v) is 26.0. The SMILES string of the molecule is CC1(O)C2CC[C@H]1CC(S(=O)(=O)N[C@H]1CC3=C(c4ccn(C(F)F)n4)[C@H](c4ccc(F)cc4Cl)N=C(c4nccs4)N3C1)C2. The van der Waals surface area contributed by atoms with Gasteiger partial charge >= 0.3 is 6.55 Å². The molecule has 0 amide bonds. The number of benzene rings is 1. The number of hydrogen-bond donors (Lipinski definition) is 2. The van der Waals surface area contributed by atoms with Crippen LogP contribution in [0, 0.1) is 17.7 Å². The Morgan fingerprint density at radius 2 is 1.95 bits per heavy atom. The molecule has 1 aromatic carbocycles. The van der Waals surface area contributed by atoms with E-state index in [1.165, 1.54) is 41.8 Å². The maximum atomic E-state index is 14.1. The van der Waals surface area contributed by atoms with Crippen LogP contribution < -0.4 is 4.72 Å². The van der Waals surface area contributed by atoms with Crippen LogP contribution in [0.3, 0.4) is 0 Å². The van der Waals surface area contributed by atoms with Crippen LogP contribution in [0.15, 0.2) is 52.7 Å². The number of alkyl halides is 2. The first kappa shape index (κ1) is 29.9. The molecule has 7 rings (SSSR count). The molecule has 3 fully saturated rings. The Balaban J connectivity index is 1.29. The van der Waals surface area contributed by atoms with Gasteiger partial charge in [-0.05, 0) is 62.6 Å². The van der Waals surface area contributed by atoms with Gasteiger partial charge in [-0.15, -0.1) is 11.3 Å². The molecule has 4 heterocycles. The van der Waals surface area contributed by atoms with E-state index in [9.17, 15) is 26.7 Å². The van der Waals surface area contributed by atoms with Gasteiger partial charge in [-0.25, -0.2) is 27.2 Å². The Labute approximate surface area is 261 Å². The molecule has 4 aliphatic rings. The van der Waals surface area contributed by atoms with Crippen LogP contribution in [0.1, 0.15) is 67.9 Å². The molecule has 2 bridgehead atoms. The highest BCUT2D eigenvalue weighted by Crippen LogP contribution is 2.51. The van der Waals surface area contributed by atoms with Gasteiger partial charge in [0.1, 0.15) is 11.9 Å². The zero-order chi connectivity index (χ0) is 31.0. The van der Waals surface area contributed by atoms with Crippen molar-refractivity contribution < 1.29 is 26.7 Å². The van der Waals surface area contributed by atoms with Crippen LogP contribution >= 0.6 is 22.9 Å². The van der Waals surface area contributed by atoms with E-state index in [-0.39, 0.29) is 35.5 Å². The van der Waals surface area contributed by atoms with Crippen molar-refractivity contribution in [3.05, 3.63) is 74.8 Å². The highest BCUT2D eigenvalue weighted by atomic mass is 35.5. The van der Waals surface area contributed by atoms with Gasteiger partial charge in [0.05, 0.1) is 16.5 Å². The van der Waals surface area contributed by atoms with E-state index < -0.39 is 45.3 Å². The van der Waals surface area contributed by atoms with Crippen molar-refractivity contribution in [1.29, 1.82) is 0 Å². The van der Waals surface area contributed by atoms with Gasteiger partial charge in [-0.1, -0.05) is 17.7 Å². The molecular formula is C29H30ClF3N6O3S2. The number of aromatic nitrogens is 3. The quantitative estimate of drug-likeness (QED) is 0.351. The first-order chi connectivity index (χ1) is 20.9. The Hall–Kier alpha value is -2.78. The lowest BCUT2D eigenvalue weighted by Crippen LogP contribution is -2.50. The molecule has 2 aromatic heterocycles. The van der Waals surface area contributed by atoms with Crippen LogP contribution in [0.25, 0.3) is 5.57 Å². The van der Waals surface area contributed by atoms with Crippen molar-refractivity contribution in [1.82, 2.24) is 24.4 Å². The smallest absolute Gasteiger partial charge is 0.333 e. The topological polar surface area (TPSA) is 113 Å². The summed E-state index contributed by atoms with van der Waals surface area (Å²) in [5.41, 5.74) is 0.954. The molecule has 234 valence electrons. The first-order valence-corrected chi connectivity index (χ1v) is 17.2. The summed E-state index contributed by atoms with van der Waals surface area (Å²) in [5.74, 6) is -0.195. The second-order valence-corrected chi connectivity index (χ2v) is 15.4. The fraction of sp³-hybridized carbons (Fsp3) is 0.483. The van der Waals surface area contributed by atoms with E-state index in [1.54, 1.807) is 11.6 Å². The lowest BCUT2D eigenvalue weighted by atomic mass is 9.76. The lowest BCUT2D eigenvalue weighted by Gasteiger charge is -2.40. The summed E-state index contributed by atoms with van der Waals surface area (Å²) in [5, 5.41) is 16.9. The fourth-order valence-electron chi connectivity index (χ4n) is 7.38. The molecule has 0 spiro atoms. The summed E-state index contributed by atoms with van der Waals surface area (Å²) in [7, 11) is -3.77. The number of aliphatic hydroxyl groups is 1. The average Bonchev–Trinajstić information content (AvgIpc) is 3.74. The highest BCUT2D eigenvalue weighted by molar-refractivity contribution is 7.90. The summed E-state index contributed by atoms with van der Waals surface area (Å²) in [6.45, 7) is -0.827. The number of hydrogen-bond acceptors (Lipinski definition) is 8. The number of sulfonamides is 1. The minimum atomic E-state index is -3.77. The third kappa shape index (κ3) is 5.08. The number of aliphatic imine (C=N–C) groups is 1. The maximum Gasteiger partial charge on any atom is 0.333 e. The van der Waals surface area contributed by atoms with Gasteiger partial charge in [0.15, 0.2) is 10.8 Å². The van der Waals surface area contributed by atoms with E-state index in [0.717, 1.165) is 12.8 Å². The number of nitrogens with one attached hydrogen (secondary N) is 1. The molecule has 0 radical (unpaired) electrons. The molecule has 2 aliphatic heterocycles. The number of fused-ring (bicyclic) bond motifs is 3. The van der Waals surface area contributed by atoms with Crippen LogP contribution in [0.4, 0.5) is 13.2 Å². The van der Waals surface area contributed by atoms with Crippen LogP contribution in [-0.2, 0) is 10.0 Å². The van der Waals surface area contributed by atoms with Crippen LogP contribution in [0.5, 0.6) is 0 Å². The van der Waals surface area contributed by atoms with Gasteiger partial charge in [-0.2, -0.15) is 13.9 Å². The van der Waals surface area contributed by atoms with Crippen molar-refractivity contribution in [2.75, 3.05) is 6.54 Å². The largest absolute Gasteiger partial charge is 0.390 e.